The molecule has 2 rings (SSSR count). The SMILES string of the molecule is C=C/C=C(\C=C)Oc1ccc(C)c(N2CCCCNCCOCC2)c1.[HH]. The van der Waals surface area contributed by atoms with Gasteiger partial charge in [0.25, 0.3) is 0 Å². The van der Waals surface area contributed by atoms with Gasteiger partial charge >= 0.3 is 0 Å². The second kappa shape index (κ2) is 10.7. The Hall–Kier alpha value is -2.04. The van der Waals surface area contributed by atoms with Crippen molar-refractivity contribution in [3.05, 3.63) is 60.9 Å². The first-order valence-electron chi connectivity index (χ1n) is 9.01. The molecule has 4 heteroatoms. The van der Waals surface area contributed by atoms with E-state index in [1.54, 1.807) is 18.2 Å². The van der Waals surface area contributed by atoms with Gasteiger partial charge in [-0.15, -0.1) is 0 Å². The van der Waals surface area contributed by atoms with Gasteiger partial charge in [-0.25, -0.2) is 0 Å². The van der Waals surface area contributed by atoms with Gasteiger partial charge in [-0.05, 0) is 50.1 Å². The number of anilines is 1. The standard InChI is InChI=1S/C21H30N2O2.H2/c1-4-8-19(5-2)25-20-10-9-18(3)21(17-20)23-13-7-6-11-22-12-15-24-16-14-23;/h4-5,8-10,17,22H,1-2,6-7,11-16H2,3H3;1H/b19-8+;. The van der Waals surface area contributed by atoms with E-state index in [1.165, 1.54) is 17.7 Å². The van der Waals surface area contributed by atoms with E-state index in [4.69, 9.17) is 9.47 Å². The summed E-state index contributed by atoms with van der Waals surface area (Å²) < 4.78 is 11.6. The lowest BCUT2D eigenvalue weighted by atomic mass is 10.1. The summed E-state index contributed by atoms with van der Waals surface area (Å²) in [5.41, 5.74) is 2.45. The van der Waals surface area contributed by atoms with Gasteiger partial charge in [0.1, 0.15) is 11.5 Å². The van der Waals surface area contributed by atoms with Gasteiger partial charge in [0.15, 0.2) is 0 Å². The van der Waals surface area contributed by atoms with Crippen LogP contribution in [-0.2, 0) is 4.74 Å². The summed E-state index contributed by atoms with van der Waals surface area (Å²) in [4.78, 5) is 2.40. The highest BCUT2D eigenvalue weighted by atomic mass is 16.5. The van der Waals surface area contributed by atoms with Crippen LogP contribution in [0.1, 0.15) is 19.8 Å². The molecule has 0 aliphatic carbocycles. The van der Waals surface area contributed by atoms with Gasteiger partial charge in [0, 0.05) is 32.8 Å². The molecule has 0 aromatic heterocycles. The molecule has 1 N–H and O–H groups in total. The Morgan fingerprint density at radius 1 is 1.24 bits per heavy atom. The second-order valence-corrected chi connectivity index (χ2v) is 6.12. The molecule has 0 radical (unpaired) electrons. The lowest BCUT2D eigenvalue weighted by Gasteiger charge is -2.27. The van der Waals surface area contributed by atoms with E-state index in [0.717, 1.165) is 51.6 Å². The number of allylic oxidation sites excluding steroid dienone is 3. The minimum Gasteiger partial charge on any atom is -0.457 e. The van der Waals surface area contributed by atoms with Crippen molar-refractivity contribution in [3.63, 3.8) is 0 Å². The number of rotatable bonds is 5. The fraction of sp³-hybridized carbons (Fsp3) is 0.429. The Labute approximate surface area is 153 Å². The molecule has 0 bridgehead atoms. The van der Waals surface area contributed by atoms with E-state index in [-0.39, 0.29) is 1.43 Å². The van der Waals surface area contributed by atoms with Gasteiger partial charge in [0.05, 0.1) is 13.2 Å². The predicted molar refractivity (Wildman–Crippen MR) is 108 cm³/mol. The van der Waals surface area contributed by atoms with Crippen molar-refractivity contribution >= 4 is 5.69 Å². The smallest absolute Gasteiger partial charge is 0.129 e. The summed E-state index contributed by atoms with van der Waals surface area (Å²) in [6.07, 6.45) is 7.53. The number of nitrogens with zero attached hydrogens (tertiary/aromatic N) is 1. The van der Waals surface area contributed by atoms with E-state index >= 15 is 0 Å². The fourth-order valence-corrected chi connectivity index (χ4v) is 2.84. The zero-order chi connectivity index (χ0) is 17.9. The van der Waals surface area contributed by atoms with Crippen LogP contribution in [0.25, 0.3) is 0 Å². The molecule has 1 saturated heterocycles. The maximum absolute atomic E-state index is 5.92. The van der Waals surface area contributed by atoms with Crippen LogP contribution in [0.4, 0.5) is 5.69 Å². The number of hydrogen-bond donors (Lipinski definition) is 1. The molecule has 0 amide bonds. The summed E-state index contributed by atoms with van der Waals surface area (Å²) in [5.74, 6) is 1.50. The first-order valence-corrected chi connectivity index (χ1v) is 9.01. The number of ether oxygens (including phenoxy) is 2. The number of benzene rings is 1. The van der Waals surface area contributed by atoms with Crippen molar-refractivity contribution in [2.75, 3.05) is 44.3 Å². The van der Waals surface area contributed by atoms with Crippen LogP contribution in [0.3, 0.4) is 0 Å². The first-order chi connectivity index (χ1) is 12.2. The maximum atomic E-state index is 5.92. The molecule has 1 heterocycles. The summed E-state index contributed by atoms with van der Waals surface area (Å²) >= 11 is 0. The van der Waals surface area contributed by atoms with Crippen molar-refractivity contribution in [1.82, 2.24) is 5.32 Å². The monoisotopic (exact) mass is 344 g/mol. The molecule has 0 saturated carbocycles. The highest BCUT2D eigenvalue weighted by Gasteiger charge is 2.12. The zero-order valence-electron chi connectivity index (χ0n) is 15.3. The Bertz CT molecular complexity index is 590. The van der Waals surface area contributed by atoms with Crippen LogP contribution in [0.5, 0.6) is 5.75 Å². The molecule has 1 aromatic rings. The molecule has 1 fully saturated rings. The van der Waals surface area contributed by atoms with Gasteiger partial charge in [0.2, 0.25) is 0 Å². The molecule has 1 aromatic carbocycles. The van der Waals surface area contributed by atoms with E-state index in [2.05, 4.69) is 42.4 Å². The Kier molecular flexibility index (Phi) is 8.29. The van der Waals surface area contributed by atoms with Crippen LogP contribution < -0.4 is 15.0 Å². The highest BCUT2D eigenvalue weighted by Crippen LogP contribution is 2.27. The third-order valence-electron chi connectivity index (χ3n) is 4.20. The minimum atomic E-state index is 0. The maximum Gasteiger partial charge on any atom is 0.129 e. The lowest BCUT2D eigenvalue weighted by molar-refractivity contribution is 0.143. The van der Waals surface area contributed by atoms with Crippen molar-refractivity contribution in [2.45, 2.75) is 19.8 Å². The van der Waals surface area contributed by atoms with Crippen LogP contribution in [0.15, 0.2) is 55.3 Å². The summed E-state index contributed by atoms with van der Waals surface area (Å²) in [5, 5.41) is 3.41. The number of hydrogen-bond acceptors (Lipinski definition) is 4. The average molecular weight is 344 g/mol. The van der Waals surface area contributed by atoms with Crippen molar-refractivity contribution in [1.29, 1.82) is 0 Å². The Morgan fingerprint density at radius 2 is 2.12 bits per heavy atom. The molecule has 25 heavy (non-hydrogen) atoms. The molecule has 0 spiro atoms. The van der Waals surface area contributed by atoms with E-state index in [0.29, 0.717) is 5.76 Å². The topological polar surface area (TPSA) is 33.7 Å². The first kappa shape index (κ1) is 19.3. The molecule has 4 nitrogen and oxygen atoms in total. The fourth-order valence-electron chi connectivity index (χ4n) is 2.84. The third-order valence-corrected chi connectivity index (χ3v) is 4.20. The van der Waals surface area contributed by atoms with Crippen LogP contribution in [-0.4, -0.2) is 39.4 Å². The second-order valence-electron chi connectivity index (χ2n) is 6.12. The Balaban J connectivity index is 0.00000338. The third kappa shape index (κ3) is 6.40. The summed E-state index contributed by atoms with van der Waals surface area (Å²) in [6.45, 7) is 15.0. The average Bonchev–Trinajstić information content (AvgIpc) is 2.68. The molecule has 0 atom stereocenters. The lowest BCUT2D eigenvalue weighted by Crippen LogP contribution is -2.29. The Morgan fingerprint density at radius 3 is 2.92 bits per heavy atom. The van der Waals surface area contributed by atoms with Crippen molar-refractivity contribution < 1.29 is 10.9 Å². The number of nitrogens with one attached hydrogen (secondary N) is 1. The number of aryl methyl sites for hydroxylation is 1. The molecule has 0 unspecified atom stereocenters. The highest BCUT2D eigenvalue weighted by molar-refractivity contribution is 5.57. The normalized spacial score (nSPS) is 17.5. The largest absolute Gasteiger partial charge is 0.457 e. The molecular formula is C21H32N2O2. The van der Waals surface area contributed by atoms with Gasteiger partial charge in [-0.2, -0.15) is 0 Å². The zero-order valence-corrected chi connectivity index (χ0v) is 15.3. The molecule has 1 aliphatic rings. The van der Waals surface area contributed by atoms with Crippen LogP contribution in [0, 0.1) is 6.92 Å². The van der Waals surface area contributed by atoms with Crippen LogP contribution >= 0.6 is 0 Å². The van der Waals surface area contributed by atoms with Gasteiger partial charge in [-0.3, -0.25) is 0 Å². The summed E-state index contributed by atoms with van der Waals surface area (Å²) in [6, 6.07) is 6.20. The minimum absolute atomic E-state index is 0. The predicted octanol–water partition coefficient (Wildman–Crippen LogP) is 4.08. The van der Waals surface area contributed by atoms with Crippen molar-refractivity contribution in [2.24, 2.45) is 0 Å². The van der Waals surface area contributed by atoms with E-state index in [9.17, 15) is 0 Å². The quantitative estimate of drug-likeness (QED) is 0.644. The van der Waals surface area contributed by atoms with E-state index in [1.807, 2.05) is 6.07 Å². The van der Waals surface area contributed by atoms with Gasteiger partial charge < -0.3 is 19.7 Å². The molecule has 1 aliphatic heterocycles. The molecular weight excluding hydrogens is 312 g/mol. The molecule has 138 valence electrons. The van der Waals surface area contributed by atoms with Crippen molar-refractivity contribution in [3.8, 4) is 5.75 Å². The summed E-state index contributed by atoms with van der Waals surface area (Å²) in [7, 11) is 0. The van der Waals surface area contributed by atoms with Crippen LogP contribution in [0.2, 0.25) is 0 Å². The van der Waals surface area contributed by atoms with Gasteiger partial charge in [-0.1, -0.05) is 25.3 Å². The van der Waals surface area contributed by atoms with E-state index < -0.39 is 0 Å².